The van der Waals surface area contributed by atoms with Crippen molar-refractivity contribution in [3.05, 3.63) is 29.3 Å². The number of alkyl halides is 1. The van der Waals surface area contributed by atoms with E-state index in [0.29, 0.717) is 31.6 Å². The summed E-state index contributed by atoms with van der Waals surface area (Å²) in [6.45, 7) is 8.14. The third kappa shape index (κ3) is 4.97. The lowest BCUT2D eigenvalue weighted by Gasteiger charge is -2.14. The number of ether oxygens (including phenoxy) is 2. The topological polar surface area (TPSA) is 18.5 Å². The Morgan fingerprint density at radius 3 is 2.59 bits per heavy atom. The molecule has 1 aromatic rings. The van der Waals surface area contributed by atoms with Crippen LogP contribution in [0.4, 0.5) is 0 Å². The third-order valence-electron chi connectivity index (χ3n) is 2.50. The van der Waals surface area contributed by atoms with Crippen LogP contribution in [0, 0.1) is 6.92 Å². The van der Waals surface area contributed by atoms with Crippen molar-refractivity contribution in [2.24, 2.45) is 0 Å². The van der Waals surface area contributed by atoms with Crippen molar-refractivity contribution < 1.29 is 9.47 Å². The van der Waals surface area contributed by atoms with Gasteiger partial charge in [-0.25, -0.2) is 0 Å². The molecule has 0 fully saturated rings. The van der Waals surface area contributed by atoms with Crippen LogP contribution < -0.4 is 4.74 Å². The van der Waals surface area contributed by atoms with E-state index in [1.165, 1.54) is 11.1 Å². The Morgan fingerprint density at radius 1 is 1.18 bits per heavy atom. The Labute approximate surface area is 109 Å². The summed E-state index contributed by atoms with van der Waals surface area (Å²) in [4.78, 5) is 0. The molecule has 0 aliphatic rings. The molecule has 96 valence electrons. The van der Waals surface area contributed by atoms with Crippen molar-refractivity contribution in [2.75, 3.05) is 25.7 Å². The number of benzene rings is 1. The summed E-state index contributed by atoms with van der Waals surface area (Å²) >= 11 is 5.52. The van der Waals surface area contributed by atoms with Crippen molar-refractivity contribution in [3.8, 4) is 5.75 Å². The van der Waals surface area contributed by atoms with Gasteiger partial charge in [0.1, 0.15) is 12.4 Å². The van der Waals surface area contributed by atoms with Crippen LogP contribution in [0.15, 0.2) is 18.2 Å². The molecule has 0 aromatic heterocycles. The molecule has 3 heteroatoms. The molecule has 0 saturated carbocycles. The zero-order valence-corrected chi connectivity index (χ0v) is 11.6. The lowest BCUT2D eigenvalue weighted by Crippen LogP contribution is -2.09. The number of hydrogen-bond donors (Lipinski definition) is 0. The first kappa shape index (κ1) is 14.3. The van der Waals surface area contributed by atoms with E-state index in [-0.39, 0.29) is 0 Å². The van der Waals surface area contributed by atoms with Crippen LogP contribution in [0.1, 0.15) is 30.9 Å². The van der Waals surface area contributed by atoms with Gasteiger partial charge >= 0.3 is 0 Å². The molecule has 1 aromatic carbocycles. The van der Waals surface area contributed by atoms with E-state index < -0.39 is 0 Å². The smallest absolute Gasteiger partial charge is 0.123 e. The summed E-state index contributed by atoms with van der Waals surface area (Å²) in [5.41, 5.74) is 2.46. The Hall–Kier alpha value is -0.730. The van der Waals surface area contributed by atoms with Crippen LogP contribution in [-0.2, 0) is 4.74 Å². The fourth-order valence-corrected chi connectivity index (χ4v) is 1.72. The fraction of sp³-hybridized carbons (Fsp3) is 0.571. The largest absolute Gasteiger partial charge is 0.491 e. The highest BCUT2D eigenvalue weighted by atomic mass is 35.5. The van der Waals surface area contributed by atoms with Gasteiger partial charge < -0.3 is 9.47 Å². The van der Waals surface area contributed by atoms with Crippen molar-refractivity contribution in [2.45, 2.75) is 26.7 Å². The first-order valence-electron chi connectivity index (χ1n) is 6.02. The molecular weight excluding hydrogens is 236 g/mol. The molecule has 0 bridgehead atoms. The maximum Gasteiger partial charge on any atom is 0.123 e. The number of aryl methyl sites for hydroxylation is 1. The highest BCUT2D eigenvalue weighted by Gasteiger charge is 2.07. The first-order valence-corrected chi connectivity index (χ1v) is 6.55. The Morgan fingerprint density at radius 2 is 1.94 bits per heavy atom. The zero-order chi connectivity index (χ0) is 12.7. The van der Waals surface area contributed by atoms with Crippen LogP contribution in [-0.4, -0.2) is 25.7 Å². The molecule has 0 amide bonds. The summed E-state index contributed by atoms with van der Waals surface area (Å²) in [7, 11) is 0. The number of rotatable bonds is 7. The molecule has 0 aliphatic carbocycles. The third-order valence-corrected chi connectivity index (χ3v) is 2.65. The summed E-state index contributed by atoms with van der Waals surface area (Å²) in [6.07, 6.45) is 0. The lowest BCUT2D eigenvalue weighted by atomic mass is 10.0. The minimum absolute atomic E-state index is 0.467. The quantitative estimate of drug-likeness (QED) is 0.546. The predicted octanol–water partition coefficient (Wildman–Crippen LogP) is 3.75. The van der Waals surface area contributed by atoms with Crippen LogP contribution in [0.2, 0.25) is 0 Å². The average molecular weight is 257 g/mol. The molecule has 0 spiro atoms. The van der Waals surface area contributed by atoms with Crippen molar-refractivity contribution in [1.82, 2.24) is 0 Å². The van der Waals surface area contributed by atoms with Gasteiger partial charge in [0.25, 0.3) is 0 Å². The minimum Gasteiger partial charge on any atom is -0.491 e. The summed E-state index contributed by atoms with van der Waals surface area (Å²) in [5, 5.41) is 0. The van der Waals surface area contributed by atoms with Gasteiger partial charge in [0.2, 0.25) is 0 Å². The van der Waals surface area contributed by atoms with Crippen LogP contribution in [0.3, 0.4) is 0 Å². The summed E-state index contributed by atoms with van der Waals surface area (Å²) < 4.78 is 11.0. The highest BCUT2D eigenvalue weighted by Crippen LogP contribution is 2.27. The second kappa shape index (κ2) is 7.57. The van der Waals surface area contributed by atoms with E-state index in [2.05, 4.69) is 39.0 Å². The van der Waals surface area contributed by atoms with Crippen LogP contribution >= 0.6 is 11.6 Å². The standard InChI is InChI=1S/C14H21ClO2/c1-11(2)13-5-4-12(3)10-14(13)17-9-8-16-7-6-15/h4-5,10-11H,6-9H2,1-3H3. The summed E-state index contributed by atoms with van der Waals surface area (Å²) in [5.74, 6) is 1.96. The van der Waals surface area contributed by atoms with E-state index in [1.54, 1.807) is 0 Å². The molecule has 0 N–H and O–H groups in total. The molecule has 2 nitrogen and oxygen atoms in total. The molecule has 0 aliphatic heterocycles. The Bertz CT molecular complexity index is 337. The van der Waals surface area contributed by atoms with E-state index in [4.69, 9.17) is 21.1 Å². The molecule has 0 radical (unpaired) electrons. The number of halogens is 1. The van der Waals surface area contributed by atoms with Gasteiger partial charge in [-0.2, -0.15) is 0 Å². The van der Waals surface area contributed by atoms with E-state index >= 15 is 0 Å². The normalized spacial score (nSPS) is 10.9. The monoisotopic (exact) mass is 256 g/mol. The van der Waals surface area contributed by atoms with E-state index in [0.717, 1.165) is 5.75 Å². The fourth-order valence-electron chi connectivity index (χ4n) is 1.61. The van der Waals surface area contributed by atoms with Gasteiger partial charge in [-0.05, 0) is 30.0 Å². The molecule has 1 rings (SSSR count). The maximum absolute atomic E-state index is 5.76. The lowest BCUT2D eigenvalue weighted by molar-refractivity contribution is 0.111. The molecule has 0 unspecified atom stereocenters. The van der Waals surface area contributed by atoms with Crippen LogP contribution in [0.5, 0.6) is 5.75 Å². The summed E-state index contributed by atoms with van der Waals surface area (Å²) in [6, 6.07) is 6.33. The maximum atomic E-state index is 5.76. The van der Waals surface area contributed by atoms with Crippen molar-refractivity contribution in [3.63, 3.8) is 0 Å². The average Bonchev–Trinajstić information content (AvgIpc) is 2.28. The SMILES string of the molecule is Cc1ccc(C(C)C)c(OCCOCCCl)c1. The second-order valence-corrected chi connectivity index (χ2v) is 4.72. The Kier molecular flexibility index (Phi) is 6.38. The van der Waals surface area contributed by atoms with E-state index in [9.17, 15) is 0 Å². The minimum atomic E-state index is 0.467. The molecule has 0 atom stereocenters. The predicted molar refractivity (Wildman–Crippen MR) is 72.3 cm³/mol. The number of hydrogen-bond acceptors (Lipinski definition) is 2. The Balaban J connectivity index is 2.53. The second-order valence-electron chi connectivity index (χ2n) is 4.35. The van der Waals surface area contributed by atoms with Gasteiger partial charge in [0.15, 0.2) is 0 Å². The van der Waals surface area contributed by atoms with Crippen molar-refractivity contribution >= 4 is 11.6 Å². The van der Waals surface area contributed by atoms with Gasteiger partial charge in [0.05, 0.1) is 13.2 Å². The first-order chi connectivity index (χ1) is 8.15. The molecule has 0 saturated heterocycles. The van der Waals surface area contributed by atoms with Crippen molar-refractivity contribution in [1.29, 1.82) is 0 Å². The molecular formula is C14H21ClO2. The van der Waals surface area contributed by atoms with Gasteiger partial charge in [0, 0.05) is 5.88 Å². The molecule has 17 heavy (non-hydrogen) atoms. The zero-order valence-electron chi connectivity index (χ0n) is 10.8. The van der Waals surface area contributed by atoms with E-state index in [1.807, 2.05) is 0 Å². The highest BCUT2D eigenvalue weighted by molar-refractivity contribution is 6.17. The van der Waals surface area contributed by atoms with Gasteiger partial charge in [-0.15, -0.1) is 11.6 Å². The van der Waals surface area contributed by atoms with Gasteiger partial charge in [-0.1, -0.05) is 26.0 Å². The van der Waals surface area contributed by atoms with Gasteiger partial charge in [-0.3, -0.25) is 0 Å². The molecule has 0 heterocycles. The van der Waals surface area contributed by atoms with Crippen LogP contribution in [0.25, 0.3) is 0 Å².